The standard InChI is InChI=1S/C13H18FN3O2/c1-15-5-3-4-11(9-15)16(2)12-6-10(14)7-13(8-12)17(18)19/h6-8,11H,3-5,9H2,1-2H3. The van der Waals surface area contributed by atoms with Gasteiger partial charge in [-0.05, 0) is 32.5 Å². The summed E-state index contributed by atoms with van der Waals surface area (Å²) in [5.74, 6) is -0.569. The highest BCUT2D eigenvalue weighted by Gasteiger charge is 2.23. The monoisotopic (exact) mass is 267 g/mol. The number of non-ortho nitro benzene ring substituents is 1. The number of likely N-dealkylation sites (N-methyl/N-ethyl adjacent to an activating group) is 2. The second-order valence-electron chi connectivity index (χ2n) is 5.09. The summed E-state index contributed by atoms with van der Waals surface area (Å²) in [6.07, 6.45) is 2.11. The molecular weight excluding hydrogens is 249 g/mol. The van der Waals surface area contributed by atoms with Gasteiger partial charge in [0.05, 0.1) is 11.0 Å². The van der Waals surface area contributed by atoms with Crippen LogP contribution in [0, 0.1) is 15.9 Å². The number of nitro benzene ring substituents is 1. The lowest BCUT2D eigenvalue weighted by atomic mass is 10.0. The van der Waals surface area contributed by atoms with Gasteiger partial charge >= 0.3 is 0 Å². The van der Waals surface area contributed by atoms with Gasteiger partial charge in [0.15, 0.2) is 0 Å². The molecule has 6 heteroatoms. The molecule has 19 heavy (non-hydrogen) atoms. The Morgan fingerprint density at radius 3 is 2.84 bits per heavy atom. The van der Waals surface area contributed by atoms with Crippen LogP contribution in [0.25, 0.3) is 0 Å². The lowest BCUT2D eigenvalue weighted by molar-refractivity contribution is -0.385. The maximum atomic E-state index is 13.5. The van der Waals surface area contributed by atoms with Gasteiger partial charge in [-0.3, -0.25) is 10.1 Å². The van der Waals surface area contributed by atoms with Crippen LogP contribution in [0.2, 0.25) is 0 Å². The topological polar surface area (TPSA) is 49.6 Å². The Hall–Kier alpha value is -1.69. The molecule has 1 aliphatic heterocycles. The summed E-state index contributed by atoms with van der Waals surface area (Å²) in [6, 6.07) is 3.99. The lowest BCUT2D eigenvalue weighted by Gasteiger charge is -2.37. The number of hydrogen-bond donors (Lipinski definition) is 0. The fourth-order valence-electron chi connectivity index (χ4n) is 2.53. The number of rotatable bonds is 3. The molecule has 5 nitrogen and oxygen atoms in total. The van der Waals surface area contributed by atoms with Crippen molar-refractivity contribution in [2.45, 2.75) is 18.9 Å². The van der Waals surface area contributed by atoms with Crippen LogP contribution in [0.3, 0.4) is 0 Å². The molecule has 104 valence electrons. The SMILES string of the molecule is CN1CCCC(N(C)c2cc(F)cc([N+](=O)[O-])c2)C1. The Morgan fingerprint density at radius 2 is 2.21 bits per heavy atom. The first-order valence-electron chi connectivity index (χ1n) is 6.33. The van der Waals surface area contributed by atoms with E-state index in [0.717, 1.165) is 32.0 Å². The number of likely N-dealkylation sites (tertiary alicyclic amines) is 1. The number of benzene rings is 1. The zero-order valence-corrected chi connectivity index (χ0v) is 11.2. The first-order valence-corrected chi connectivity index (χ1v) is 6.33. The van der Waals surface area contributed by atoms with Crippen molar-refractivity contribution >= 4 is 11.4 Å². The Bertz CT molecular complexity index is 481. The highest BCUT2D eigenvalue weighted by molar-refractivity contribution is 5.54. The van der Waals surface area contributed by atoms with Gasteiger partial charge in [-0.15, -0.1) is 0 Å². The number of piperidine rings is 1. The van der Waals surface area contributed by atoms with Gasteiger partial charge in [-0.1, -0.05) is 0 Å². The van der Waals surface area contributed by atoms with E-state index in [1.165, 1.54) is 12.1 Å². The van der Waals surface area contributed by atoms with Crippen LogP contribution in [0.15, 0.2) is 18.2 Å². The summed E-state index contributed by atoms with van der Waals surface area (Å²) in [5.41, 5.74) is 0.359. The van der Waals surface area contributed by atoms with Crippen molar-refractivity contribution in [3.63, 3.8) is 0 Å². The highest BCUT2D eigenvalue weighted by atomic mass is 19.1. The molecule has 0 radical (unpaired) electrons. The summed E-state index contributed by atoms with van der Waals surface area (Å²) in [7, 11) is 3.91. The molecule has 1 heterocycles. The van der Waals surface area contributed by atoms with E-state index in [9.17, 15) is 14.5 Å². The zero-order valence-electron chi connectivity index (χ0n) is 11.2. The van der Waals surface area contributed by atoms with Gasteiger partial charge in [-0.25, -0.2) is 4.39 Å². The number of nitro groups is 1. The molecule has 1 aromatic rings. The number of nitrogens with zero attached hydrogens (tertiary/aromatic N) is 3. The highest BCUT2D eigenvalue weighted by Crippen LogP contribution is 2.26. The number of halogens is 1. The lowest BCUT2D eigenvalue weighted by Crippen LogP contribution is -2.45. The van der Waals surface area contributed by atoms with Crippen LogP contribution >= 0.6 is 0 Å². The fraction of sp³-hybridized carbons (Fsp3) is 0.538. The van der Waals surface area contributed by atoms with E-state index in [4.69, 9.17) is 0 Å². The number of anilines is 1. The molecule has 1 unspecified atom stereocenters. The Morgan fingerprint density at radius 1 is 1.47 bits per heavy atom. The van der Waals surface area contributed by atoms with Crippen molar-refractivity contribution in [3.05, 3.63) is 34.1 Å². The van der Waals surface area contributed by atoms with Gasteiger partial charge < -0.3 is 9.80 Å². The first-order chi connectivity index (χ1) is 8.97. The minimum absolute atomic E-state index is 0.203. The molecule has 1 atom stereocenters. The number of hydrogen-bond acceptors (Lipinski definition) is 4. The van der Waals surface area contributed by atoms with Crippen LogP contribution in [0.1, 0.15) is 12.8 Å². The summed E-state index contributed by atoms with van der Waals surface area (Å²) in [4.78, 5) is 14.4. The van der Waals surface area contributed by atoms with Crippen LogP contribution in [-0.2, 0) is 0 Å². The van der Waals surface area contributed by atoms with Gasteiger partial charge in [0.25, 0.3) is 5.69 Å². The van der Waals surface area contributed by atoms with E-state index >= 15 is 0 Å². The average molecular weight is 267 g/mol. The second-order valence-corrected chi connectivity index (χ2v) is 5.09. The molecule has 0 spiro atoms. The minimum Gasteiger partial charge on any atom is -0.370 e. The molecule has 0 bridgehead atoms. The molecular formula is C13H18FN3O2. The summed E-state index contributed by atoms with van der Waals surface area (Å²) in [5, 5.41) is 10.8. The molecule has 0 aromatic heterocycles. The van der Waals surface area contributed by atoms with Gasteiger partial charge in [0.1, 0.15) is 5.82 Å². The van der Waals surface area contributed by atoms with Gasteiger partial charge in [0.2, 0.25) is 0 Å². The van der Waals surface area contributed by atoms with Crippen molar-refractivity contribution in [2.24, 2.45) is 0 Å². The van der Waals surface area contributed by atoms with E-state index in [1.54, 1.807) is 0 Å². The third kappa shape index (κ3) is 3.20. The van der Waals surface area contributed by atoms with E-state index in [1.807, 2.05) is 19.0 Å². The minimum atomic E-state index is -0.569. The van der Waals surface area contributed by atoms with Crippen LogP contribution in [-0.4, -0.2) is 43.0 Å². The van der Waals surface area contributed by atoms with Crippen molar-refractivity contribution in [3.8, 4) is 0 Å². The van der Waals surface area contributed by atoms with Gasteiger partial charge in [-0.2, -0.15) is 0 Å². The van der Waals surface area contributed by atoms with Crippen LogP contribution < -0.4 is 4.90 Å². The van der Waals surface area contributed by atoms with Crippen LogP contribution in [0.4, 0.5) is 15.8 Å². The molecule has 2 rings (SSSR count). The smallest absolute Gasteiger partial charge is 0.274 e. The van der Waals surface area contributed by atoms with Crippen molar-refractivity contribution < 1.29 is 9.31 Å². The summed E-state index contributed by atoms with van der Waals surface area (Å²) in [6.45, 7) is 1.95. The van der Waals surface area contributed by atoms with Crippen molar-refractivity contribution in [1.82, 2.24) is 4.90 Å². The average Bonchev–Trinajstić information content (AvgIpc) is 2.37. The third-order valence-corrected chi connectivity index (χ3v) is 3.63. The maximum absolute atomic E-state index is 13.5. The first kappa shape index (κ1) is 13.7. The molecule has 0 amide bonds. The molecule has 0 aliphatic carbocycles. The van der Waals surface area contributed by atoms with Crippen molar-refractivity contribution in [1.29, 1.82) is 0 Å². The fourth-order valence-corrected chi connectivity index (χ4v) is 2.53. The van der Waals surface area contributed by atoms with Gasteiger partial charge in [0, 0.05) is 31.4 Å². The van der Waals surface area contributed by atoms with Crippen molar-refractivity contribution in [2.75, 3.05) is 32.1 Å². The molecule has 1 fully saturated rings. The Balaban J connectivity index is 2.22. The van der Waals surface area contributed by atoms with E-state index in [0.29, 0.717) is 5.69 Å². The zero-order chi connectivity index (χ0) is 14.0. The molecule has 0 N–H and O–H groups in total. The summed E-state index contributed by atoms with van der Waals surface area (Å²) < 4.78 is 13.5. The Labute approximate surface area is 111 Å². The normalized spacial score (nSPS) is 20.3. The largest absolute Gasteiger partial charge is 0.370 e. The molecule has 1 aromatic carbocycles. The Kier molecular flexibility index (Phi) is 3.99. The van der Waals surface area contributed by atoms with E-state index in [-0.39, 0.29) is 11.7 Å². The summed E-state index contributed by atoms with van der Waals surface area (Å²) >= 11 is 0. The van der Waals surface area contributed by atoms with E-state index in [2.05, 4.69) is 4.90 Å². The van der Waals surface area contributed by atoms with Crippen LogP contribution in [0.5, 0.6) is 0 Å². The molecule has 1 aliphatic rings. The maximum Gasteiger partial charge on any atom is 0.274 e. The predicted molar refractivity (Wildman–Crippen MR) is 72.0 cm³/mol. The second kappa shape index (κ2) is 5.52. The molecule has 0 saturated carbocycles. The third-order valence-electron chi connectivity index (χ3n) is 3.63. The molecule has 1 saturated heterocycles. The van der Waals surface area contributed by atoms with E-state index < -0.39 is 10.7 Å². The quantitative estimate of drug-likeness (QED) is 0.622. The predicted octanol–water partition coefficient (Wildman–Crippen LogP) is 2.26.